The van der Waals surface area contributed by atoms with E-state index in [0.29, 0.717) is 19.8 Å². The summed E-state index contributed by atoms with van der Waals surface area (Å²) in [7, 11) is 0. The molecule has 1 N–H and O–H groups in total. The van der Waals surface area contributed by atoms with Crippen LogP contribution < -0.4 is 0 Å². The van der Waals surface area contributed by atoms with Gasteiger partial charge in [-0.3, -0.25) is 4.79 Å². The monoisotopic (exact) mass is 176 g/mol. The minimum Gasteiger partial charge on any atom is -0.481 e. The predicted octanol–water partition coefficient (Wildman–Crippen LogP) is 0.760. The molecule has 4 heteroatoms. The summed E-state index contributed by atoms with van der Waals surface area (Å²) in [6.07, 6.45) is 0. The smallest absolute Gasteiger partial charge is 0.308 e. The van der Waals surface area contributed by atoms with Crippen LogP contribution in [-0.4, -0.2) is 37.5 Å². The first-order chi connectivity index (χ1) is 5.68. The molecule has 0 aromatic heterocycles. The first kappa shape index (κ1) is 11.4. The Bertz CT molecular complexity index is 124. The molecular formula is C8H16O4. The zero-order valence-corrected chi connectivity index (χ0v) is 7.58. The molecule has 0 saturated heterocycles. The fraction of sp³-hybridized carbons (Fsp3) is 0.875. The molecule has 0 spiro atoms. The molecule has 0 aromatic carbocycles. The predicted molar refractivity (Wildman–Crippen MR) is 44.1 cm³/mol. The summed E-state index contributed by atoms with van der Waals surface area (Å²) >= 11 is 0. The van der Waals surface area contributed by atoms with Crippen LogP contribution in [0.2, 0.25) is 0 Å². The SMILES string of the molecule is CCOCCOCC(C)C(=O)O. The Labute approximate surface area is 72.5 Å². The van der Waals surface area contributed by atoms with Gasteiger partial charge >= 0.3 is 5.97 Å². The molecule has 0 bridgehead atoms. The van der Waals surface area contributed by atoms with Gasteiger partial charge in [-0.1, -0.05) is 0 Å². The van der Waals surface area contributed by atoms with Gasteiger partial charge < -0.3 is 14.6 Å². The van der Waals surface area contributed by atoms with Crippen molar-refractivity contribution in [2.45, 2.75) is 13.8 Å². The van der Waals surface area contributed by atoms with Crippen LogP contribution in [0.1, 0.15) is 13.8 Å². The van der Waals surface area contributed by atoms with Crippen LogP contribution in [-0.2, 0) is 14.3 Å². The molecular weight excluding hydrogens is 160 g/mol. The summed E-state index contributed by atoms with van der Waals surface area (Å²) in [6.45, 7) is 5.43. The van der Waals surface area contributed by atoms with Crippen molar-refractivity contribution in [2.24, 2.45) is 5.92 Å². The maximum Gasteiger partial charge on any atom is 0.308 e. The van der Waals surface area contributed by atoms with Gasteiger partial charge in [-0.25, -0.2) is 0 Å². The van der Waals surface area contributed by atoms with Crippen molar-refractivity contribution in [1.82, 2.24) is 0 Å². The molecule has 0 saturated carbocycles. The lowest BCUT2D eigenvalue weighted by Gasteiger charge is -2.06. The average molecular weight is 176 g/mol. The molecule has 0 heterocycles. The quantitative estimate of drug-likeness (QED) is 0.582. The number of carboxylic acid groups (broad SMARTS) is 1. The van der Waals surface area contributed by atoms with Gasteiger partial charge in [0.25, 0.3) is 0 Å². The summed E-state index contributed by atoms with van der Waals surface area (Å²) in [6, 6.07) is 0. The third-order valence-electron chi connectivity index (χ3n) is 1.37. The number of hydrogen-bond acceptors (Lipinski definition) is 3. The highest BCUT2D eigenvalue weighted by Gasteiger charge is 2.09. The first-order valence-corrected chi connectivity index (χ1v) is 4.06. The van der Waals surface area contributed by atoms with Crippen molar-refractivity contribution in [2.75, 3.05) is 26.4 Å². The van der Waals surface area contributed by atoms with Crippen LogP contribution >= 0.6 is 0 Å². The summed E-state index contributed by atoms with van der Waals surface area (Å²) < 4.78 is 10.1. The molecule has 12 heavy (non-hydrogen) atoms. The third-order valence-corrected chi connectivity index (χ3v) is 1.37. The Morgan fingerprint density at radius 3 is 2.50 bits per heavy atom. The van der Waals surface area contributed by atoms with E-state index in [1.54, 1.807) is 6.92 Å². The maximum atomic E-state index is 10.3. The Morgan fingerprint density at radius 2 is 2.00 bits per heavy atom. The van der Waals surface area contributed by atoms with E-state index in [4.69, 9.17) is 14.6 Å². The van der Waals surface area contributed by atoms with Crippen molar-refractivity contribution < 1.29 is 19.4 Å². The van der Waals surface area contributed by atoms with Crippen LogP contribution in [0.5, 0.6) is 0 Å². The van der Waals surface area contributed by atoms with Crippen molar-refractivity contribution in [3.05, 3.63) is 0 Å². The number of ether oxygens (including phenoxy) is 2. The molecule has 0 rings (SSSR count). The minimum absolute atomic E-state index is 0.252. The van der Waals surface area contributed by atoms with E-state index in [9.17, 15) is 4.79 Å². The van der Waals surface area contributed by atoms with E-state index in [0.717, 1.165) is 0 Å². The number of hydrogen-bond donors (Lipinski definition) is 1. The topological polar surface area (TPSA) is 55.8 Å². The second-order valence-corrected chi connectivity index (χ2v) is 2.51. The standard InChI is InChI=1S/C8H16O4/c1-3-11-4-5-12-6-7(2)8(9)10/h7H,3-6H2,1-2H3,(H,9,10). The third kappa shape index (κ3) is 6.12. The van der Waals surface area contributed by atoms with E-state index < -0.39 is 11.9 Å². The molecule has 0 aromatic rings. The molecule has 1 atom stereocenters. The molecule has 0 aliphatic rings. The Balaban J connectivity index is 3.14. The van der Waals surface area contributed by atoms with Crippen molar-refractivity contribution in [3.8, 4) is 0 Å². The fourth-order valence-corrected chi connectivity index (χ4v) is 0.594. The second-order valence-electron chi connectivity index (χ2n) is 2.51. The minimum atomic E-state index is -0.827. The molecule has 0 radical (unpaired) electrons. The molecule has 0 aliphatic heterocycles. The van der Waals surface area contributed by atoms with Crippen LogP contribution in [0.15, 0.2) is 0 Å². The fourth-order valence-electron chi connectivity index (χ4n) is 0.594. The van der Waals surface area contributed by atoms with Crippen molar-refractivity contribution >= 4 is 5.97 Å². The van der Waals surface area contributed by atoms with Gasteiger partial charge in [-0.2, -0.15) is 0 Å². The number of rotatable bonds is 7. The largest absolute Gasteiger partial charge is 0.481 e. The highest BCUT2D eigenvalue weighted by Crippen LogP contribution is 1.94. The highest BCUT2D eigenvalue weighted by atomic mass is 16.5. The highest BCUT2D eigenvalue weighted by molar-refractivity contribution is 5.69. The van der Waals surface area contributed by atoms with Gasteiger partial charge in [0.1, 0.15) is 0 Å². The van der Waals surface area contributed by atoms with Gasteiger partial charge in [0, 0.05) is 6.61 Å². The van der Waals surface area contributed by atoms with Crippen LogP contribution in [0.4, 0.5) is 0 Å². The molecule has 0 aliphatic carbocycles. The zero-order valence-electron chi connectivity index (χ0n) is 7.58. The van der Waals surface area contributed by atoms with Crippen molar-refractivity contribution in [3.63, 3.8) is 0 Å². The van der Waals surface area contributed by atoms with E-state index in [1.807, 2.05) is 6.92 Å². The van der Waals surface area contributed by atoms with Gasteiger partial charge in [0.05, 0.1) is 25.7 Å². The lowest BCUT2D eigenvalue weighted by Crippen LogP contribution is -2.17. The first-order valence-electron chi connectivity index (χ1n) is 4.06. The summed E-state index contributed by atoms with van der Waals surface area (Å²) in [5.74, 6) is -1.27. The lowest BCUT2D eigenvalue weighted by molar-refractivity contribution is -0.143. The molecule has 1 unspecified atom stereocenters. The van der Waals surface area contributed by atoms with E-state index in [1.165, 1.54) is 0 Å². The molecule has 4 nitrogen and oxygen atoms in total. The maximum absolute atomic E-state index is 10.3. The molecule has 0 fully saturated rings. The Hall–Kier alpha value is -0.610. The summed E-state index contributed by atoms with van der Waals surface area (Å²) in [4.78, 5) is 10.3. The van der Waals surface area contributed by atoms with E-state index in [2.05, 4.69) is 0 Å². The van der Waals surface area contributed by atoms with Gasteiger partial charge in [-0.15, -0.1) is 0 Å². The van der Waals surface area contributed by atoms with Gasteiger partial charge in [0.15, 0.2) is 0 Å². The van der Waals surface area contributed by atoms with E-state index in [-0.39, 0.29) is 6.61 Å². The van der Waals surface area contributed by atoms with Crippen LogP contribution in [0.3, 0.4) is 0 Å². The second kappa shape index (κ2) is 7.06. The van der Waals surface area contributed by atoms with Crippen molar-refractivity contribution in [1.29, 1.82) is 0 Å². The van der Waals surface area contributed by atoms with Gasteiger partial charge in [0.2, 0.25) is 0 Å². The van der Waals surface area contributed by atoms with Crippen LogP contribution in [0.25, 0.3) is 0 Å². The lowest BCUT2D eigenvalue weighted by atomic mass is 10.2. The summed E-state index contributed by atoms with van der Waals surface area (Å²) in [5.41, 5.74) is 0. The number of aliphatic carboxylic acids is 1. The molecule has 0 amide bonds. The zero-order chi connectivity index (χ0) is 9.40. The number of carboxylic acids is 1. The Kier molecular flexibility index (Phi) is 6.70. The van der Waals surface area contributed by atoms with E-state index >= 15 is 0 Å². The average Bonchev–Trinajstić information content (AvgIpc) is 2.03. The summed E-state index contributed by atoms with van der Waals surface area (Å²) in [5, 5.41) is 8.47. The normalized spacial score (nSPS) is 12.8. The van der Waals surface area contributed by atoms with Gasteiger partial charge in [-0.05, 0) is 13.8 Å². The Morgan fingerprint density at radius 1 is 1.42 bits per heavy atom. The van der Waals surface area contributed by atoms with Crippen LogP contribution in [0, 0.1) is 5.92 Å². The molecule has 72 valence electrons. The number of carbonyl (C=O) groups is 1.